The molecule has 6 heteroatoms. The van der Waals surface area contributed by atoms with E-state index in [1.807, 2.05) is 6.07 Å². The van der Waals surface area contributed by atoms with Gasteiger partial charge in [0, 0.05) is 23.8 Å². The van der Waals surface area contributed by atoms with Gasteiger partial charge in [-0.1, -0.05) is 36.2 Å². The first-order valence-electron chi connectivity index (χ1n) is 8.85. The molecule has 1 unspecified atom stereocenters. The van der Waals surface area contributed by atoms with Crippen molar-refractivity contribution in [2.24, 2.45) is 5.10 Å². The van der Waals surface area contributed by atoms with Gasteiger partial charge < -0.3 is 4.90 Å². The first-order valence-corrected chi connectivity index (χ1v) is 9.61. The van der Waals surface area contributed by atoms with Gasteiger partial charge in [0.05, 0.1) is 16.3 Å². The Labute approximate surface area is 170 Å². The number of halogens is 2. The number of amides is 1. The highest BCUT2D eigenvalue weighted by atomic mass is 35.5. The zero-order chi connectivity index (χ0) is 19.8. The van der Waals surface area contributed by atoms with Gasteiger partial charge in [0.15, 0.2) is 0 Å². The fourth-order valence-electron chi connectivity index (χ4n) is 3.54. The van der Waals surface area contributed by atoms with Crippen LogP contribution in [0, 0.1) is 0 Å². The molecule has 4 nitrogen and oxygen atoms in total. The molecule has 1 amide bonds. The number of hydrogen-bond donors (Lipinski definition) is 1. The van der Waals surface area contributed by atoms with E-state index in [0.29, 0.717) is 21.5 Å². The summed E-state index contributed by atoms with van der Waals surface area (Å²) in [6, 6.07) is 11.0. The summed E-state index contributed by atoms with van der Waals surface area (Å²) in [4.78, 5) is 14.5. The number of fused-ring (bicyclic) bond motifs is 1. The van der Waals surface area contributed by atoms with E-state index in [9.17, 15) is 4.79 Å². The van der Waals surface area contributed by atoms with Crippen molar-refractivity contribution >= 4 is 41.0 Å². The van der Waals surface area contributed by atoms with Crippen molar-refractivity contribution in [3.8, 4) is 0 Å². The molecule has 0 saturated heterocycles. The maximum atomic E-state index is 12.2. The molecule has 0 fully saturated rings. The average Bonchev–Trinajstić information content (AvgIpc) is 2.61. The normalized spacial score (nSPS) is 18.4. The zero-order valence-corrected chi connectivity index (χ0v) is 17.4. The van der Waals surface area contributed by atoms with Gasteiger partial charge in [0.25, 0.3) is 5.91 Å². The van der Waals surface area contributed by atoms with Crippen molar-refractivity contribution in [3.05, 3.63) is 63.1 Å². The number of carbonyl (C=O) groups excluding carboxylic acids is 1. The maximum absolute atomic E-state index is 12.2. The average molecular weight is 404 g/mol. The summed E-state index contributed by atoms with van der Waals surface area (Å²) < 4.78 is 0. The largest absolute Gasteiger partial charge is 0.369 e. The number of anilines is 1. The molecule has 0 saturated carbocycles. The quantitative estimate of drug-likeness (QED) is 0.544. The summed E-state index contributed by atoms with van der Waals surface area (Å²) >= 11 is 11.8. The van der Waals surface area contributed by atoms with Gasteiger partial charge in [-0.15, -0.1) is 0 Å². The minimum absolute atomic E-state index is 0.135. The zero-order valence-electron chi connectivity index (χ0n) is 15.9. The molecule has 142 valence electrons. The lowest BCUT2D eigenvalue weighted by atomic mass is 9.80. The van der Waals surface area contributed by atoms with E-state index >= 15 is 0 Å². The standard InChI is InChI=1S/C21H23Cl2N3O/c1-13-11-21(2,3)26(4)19-8-5-14(9-16(13)19)12-24-25-20(27)15-6-7-17(22)18(23)10-15/h5-10,12-13H,11H2,1-4H3,(H,25,27)/b24-12+. The van der Waals surface area contributed by atoms with E-state index in [-0.39, 0.29) is 11.4 Å². The molecule has 0 radical (unpaired) electrons. The number of carbonyl (C=O) groups is 1. The van der Waals surface area contributed by atoms with Gasteiger partial charge in [-0.25, -0.2) is 5.43 Å². The fourth-order valence-corrected chi connectivity index (χ4v) is 3.84. The van der Waals surface area contributed by atoms with E-state index in [2.05, 4.69) is 55.4 Å². The summed E-state index contributed by atoms with van der Waals surface area (Å²) in [7, 11) is 2.13. The van der Waals surface area contributed by atoms with Crippen LogP contribution in [-0.2, 0) is 0 Å². The molecule has 1 aliphatic rings. The molecular weight excluding hydrogens is 381 g/mol. The van der Waals surface area contributed by atoms with Crippen LogP contribution in [0.5, 0.6) is 0 Å². The van der Waals surface area contributed by atoms with E-state index in [1.165, 1.54) is 17.3 Å². The van der Waals surface area contributed by atoms with Crippen molar-refractivity contribution in [1.82, 2.24) is 5.43 Å². The molecule has 0 aromatic heterocycles. The SMILES string of the molecule is CC1CC(C)(C)N(C)c2ccc(/C=N/NC(=O)c3ccc(Cl)c(Cl)c3)cc21. The summed E-state index contributed by atoms with van der Waals surface area (Å²) in [5, 5.41) is 4.82. The monoisotopic (exact) mass is 403 g/mol. The molecule has 0 spiro atoms. The van der Waals surface area contributed by atoms with Crippen LogP contribution in [0.1, 0.15) is 54.6 Å². The van der Waals surface area contributed by atoms with E-state index in [4.69, 9.17) is 23.2 Å². The van der Waals surface area contributed by atoms with Gasteiger partial charge >= 0.3 is 0 Å². The Balaban J connectivity index is 1.74. The van der Waals surface area contributed by atoms with Crippen LogP contribution in [0.25, 0.3) is 0 Å². The van der Waals surface area contributed by atoms with Crippen LogP contribution in [0.2, 0.25) is 10.0 Å². The molecule has 1 N–H and O–H groups in total. The van der Waals surface area contributed by atoms with Gasteiger partial charge in [-0.2, -0.15) is 5.10 Å². The predicted molar refractivity (Wildman–Crippen MR) is 113 cm³/mol. The van der Waals surface area contributed by atoms with Crippen LogP contribution < -0.4 is 10.3 Å². The molecule has 3 rings (SSSR count). The van der Waals surface area contributed by atoms with Gasteiger partial charge in [0.2, 0.25) is 0 Å². The van der Waals surface area contributed by atoms with Crippen LogP contribution in [0.4, 0.5) is 5.69 Å². The Bertz CT molecular complexity index is 908. The lowest BCUT2D eigenvalue weighted by Gasteiger charge is -2.45. The highest BCUT2D eigenvalue weighted by Gasteiger charge is 2.33. The Morgan fingerprint density at radius 3 is 2.67 bits per heavy atom. The Kier molecular flexibility index (Phi) is 5.50. The second-order valence-electron chi connectivity index (χ2n) is 7.62. The van der Waals surface area contributed by atoms with Crippen LogP contribution in [0.15, 0.2) is 41.5 Å². The molecule has 27 heavy (non-hydrogen) atoms. The lowest BCUT2D eigenvalue weighted by molar-refractivity contribution is 0.0955. The molecule has 0 aliphatic carbocycles. The van der Waals surface area contributed by atoms with E-state index in [1.54, 1.807) is 18.3 Å². The molecule has 1 atom stereocenters. The number of nitrogens with zero attached hydrogens (tertiary/aromatic N) is 2. The number of benzene rings is 2. The second kappa shape index (κ2) is 7.53. The van der Waals surface area contributed by atoms with E-state index < -0.39 is 0 Å². The fraction of sp³-hybridized carbons (Fsp3) is 0.333. The van der Waals surface area contributed by atoms with Crippen LogP contribution in [0.3, 0.4) is 0 Å². The summed E-state index contributed by atoms with van der Waals surface area (Å²) in [6.07, 6.45) is 2.74. The Morgan fingerprint density at radius 2 is 1.96 bits per heavy atom. The molecule has 2 aromatic carbocycles. The van der Waals surface area contributed by atoms with Crippen molar-refractivity contribution in [3.63, 3.8) is 0 Å². The van der Waals surface area contributed by atoms with Crippen molar-refractivity contribution in [2.45, 2.75) is 38.6 Å². The molecular formula is C21H23Cl2N3O. The highest BCUT2D eigenvalue weighted by molar-refractivity contribution is 6.42. The summed E-state index contributed by atoms with van der Waals surface area (Å²) in [6.45, 7) is 6.78. The second-order valence-corrected chi connectivity index (χ2v) is 8.44. The Hall–Kier alpha value is -2.04. The first-order chi connectivity index (χ1) is 12.7. The maximum Gasteiger partial charge on any atom is 0.271 e. The van der Waals surface area contributed by atoms with Crippen molar-refractivity contribution in [2.75, 3.05) is 11.9 Å². The van der Waals surface area contributed by atoms with Gasteiger partial charge in [-0.05, 0) is 67.6 Å². The number of hydrazone groups is 1. The topological polar surface area (TPSA) is 44.7 Å². The van der Waals surface area contributed by atoms with Crippen molar-refractivity contribution in [1.29, 1.82) is 0 Å². The minimum Gasteiger partial charge on any atom is -0.369 e. The number of nitrogens with one attached hydrogen (secondary N) is 1. The molecule has 1 aliphatic heterocycles. The third-order valence-electron chi connectivity index (χ3n) is 5.22. The number of rotatable bonds is 3. The minimum atomic E-state index is -0.336. The van der Waals surface area contributed by atoms with Crippen molar-refractivity contribution < 1.29 is 4.79 Å². The summed E-state index contributed by atoms with van der Waals surface area (Å²) in [5.74, 6) is 0.128. The van der Waals surface area contributed by atoms with E-state index in [0.717, 1.165) is 12.0 Å². The van der Waals surface area contributed by atoms with Crippen LogP contribution in [-0.4, -0.2) is 24.7 Å². The lowest BCUT2D eigenvalue weighted by Crippen LogP contribution is -2.45. The predicted octanol–water partition coefficient (Wildman–Crippen LogP) is 5.48. The third-order valence-corrected chi connectivity index (χ3v) is 5.96. The Morgan fingerprint density at radius 1 is 1.22 bits per heavy atom. The molecule has 2 aromatic rings. The van der Waals surface area contributed by atoms with Gasteiger partial charge in [0.1, 0.15) is 0 Å². The molecule has 1 heterocycles. The first kappa shape index (κ1) is 19.7. The molecule has 0 bridgehead atoms. The number of hydrogen-bond acceptors (Lipinski definition) is 3. The summed E-state index contributed by atoms with van der Waals surface area (Å²) in [5.41, 5.74) is 6.56. The highest BCUT2D eigenvalue weighted by Crippen LogP contribution is 2.42. The third kappa shape index (κ3) is 4.12. The smallest absolute Gasteiger partial charge is 0.271 e. The van der Waals surface area contributed by atoms with Gasteiger partial charge in [-0.3, -0.25) is 4.79 Å². The van der Waals surface area contributed by atoms with Crippen LogP contribution >= 0.6 is 23.2 Å².